The van der Waals surface area contributed by atoms with Gasteiger partial charge in [0.05, 0.1) is 12.2 Å². The Morgan fingerprint density at radius 2 is 1.73 bits per heavy atom. The number of nitrogens with one attached hydrogen (secondary N) is 2. The minimum absolute atomic E-state index is 0.0128. The monoisotopic (exact) mass is 457 g/mol. The van der Waals surface area contributed by atoms with Crippen molar-refractivity contribution in [3.8, 4) is 5.75 Å². The van der Waals surface area contributed by atoms with Crippen LogP contribution in [-0.4, -0.2) is 44.7 Å². The predicted molar refractivity (Wildman–Crippen MR) is 121 cm³/mol. The normalized spacial score (nSPS) is 12.0. The van der Waals surface area contributed by atoms with E-state index in [4.69, 9.17) is 9.94 Å². The summed E-state index contributed by atoms with van der Waals surface area (Å²) < 4.78 is 5.30. The number of amides is 2. The fourth-order valence-corrected chi connectivity index (χ4v) is 3.10. The third-order valence-electron chi connectivity index (χ3n) is 4.70. The van der Waals surface area contributed by atoms with Crippen LogP contribution < -0.4 is 10.8 Å². The van der Waals surface area contributed by atoms with E-state index in [0.29, 0.717) is 18.5 Å². The van der Waals surface area contributed by atoms with E-state index in [0.717, 1.165) is 11.1 Å². The minimum atomic E-state index is -0.853. The molecule has 1 aromatic carbocycles. The van der Waals surface area contributed by atoms with Crippen LogP contribution in [0.3, 0.4) is 0 Å². The topological polar surface area (TPSA) is 138 Å². The molecule has 0 fully saturated rings. The number of aromatic hydroxyl groups is 1. The summed E-state index contributed by atoms with van der Waals surface area (Å²) >= 11 is 0. The van der Waals surface area contributed by atoms with Gasteiger partial charge in [-0.1, -0.05) is 24.3 Å². The van der Waals surface area contributed by atoms with E-state index in [9.17, 15) is 19.5 Å². The summed E-state index contributed by atoms with van der Waals surface area (Å²) in [6.07, 6.45) is 2.33. The number of hydrogen-bond donors (Lipinski definition) is 4. The summed E-state index contributed by atoms with van der Waals surface area (Å²) in [7, 11) is 0. The van der Waals surface area contributed by atoms with Gasteiger partial charge in [0, 0.05) is 25.0 Å². The lowest BCUT2D eigenvalue weighted by Crippen LogP contribution is -2.45. The summed E-state index contributed by atoms with van der Waals surface area (Å²) in [6.45, 7) is 5.22. The Bertz CT molecular complexity index is 936. The van der Waals surface area contributed by atoms with Crippen molar-refractivity contribution in [3.63, 3.8) is 0 Å². The molecule has 0 saturated carbocycles. The highest BCUT2D eigenvalue weighted by Crippen LogP contribution is 2.13. The van der Waals surface area contributed by atoms with Gasteiger partial charge in [0.2, 0.25) is 5.91 Å². The zero-order valence-corrected chi connectivity index (χ0v) is 19.1. The second-order valence-corrected chi connectivity index (χ2v) is 8.76. The summed E-state index contributed by atoms with van der Waals surface area (Å²) in [5, 5.41) is 20.6. The molecular formula is C24H31N3O6. The Morgan fingerprint density at radius 3 is 2.30 bits per heavy atom. The van der Waals surface area contributed by atoms with E-state index in [2.05, 4.69) is 10.3 Å². The molecule has 4 N–H and O–H groups in total. The molecule has 1 aromatic heterocycles. The van der Waals surface area contributed by atoms with Crippen molar-refractivity contribution in [2.45, 2.75) is 64.5 Å². The quantitative estimate of drug-likeness (QED) is 0.318. The number of hydrogen-bond acceptors (Lipinski definition) is 7. The third-order valence-corrected chi connectivity index (χ3v) is 4.70. The number of pyridine rings is 1. The number of ether oxygens (including phenoxy) is 1. The Balaban J connectivity index is 2.04. The molecule has 2 amide bonds. The molecule has 9 nitrogen and oxygen atoms in total. The van der Waals surface area contributed by atoms with Crippen LogP contribution in [-0.2, 0) is 33.6 Å². The fraction of sp³-hybridized carbons (Fsp3) is 0.417. The first-order chi connectivity index (χ1) is 15.6. The van der Waals surface area contributed by atoms with E-state index in [1.807, 2.05) is 24.3 Å². The van der Waals surface area contributed by atoms with Crippen LogP contribution in [0, 0.1) is 0 Å². The molecule has 1 unspecified atom stereocenters. The number of carbonyl (C=O) groups is 3. The van der Waals surface area contributed by atoms with Gasteiger partial charge in [0.25, 0.3) is 0 Å². The van der Waals surface area contributed by atoms with Crippen molar-refractivity contribution in [2.75, 3.05) is 0 Å². The smallest absolute Gasteiger partial charge is 0.408 e. The fourth-order valence-electron chi connectivity index (χ4n) is 3.10. The van der Waals surface area contributed by atoms with Crippen LogP contribution in [0.25, 0.3) is 0 Å². The van der Waals surface area contributed by atoms with Crippen molar-refractivity contribution in [3.05, 3.63) is 59.4 Å². The lowest BCUT2D eigenvalue weighted by atomic mass is 9.98. The molecule has 0 aliphatic carbocycles. The molecule has 0 spiro atoms. The summed E-state index contributed by atoms with van der Waals surface area (Å²) in [6, 6.07) is 9.66. The van der Waals surface area contributed by atoms with Gasteiger partial charge in [0.1, 0.15) is 11.4 Å². The van der Waals surface area contributed by atoms with Crippen LogP contribution in [0.4, 0.5) is 4.79 Å². The van der Waals surface area contributed by atoms with Gasteiger partial charge in [0.15, 0.2) is 5.78 Å². The van der Waals surface area contributed by atoms with Crippen LogP contribution in [0.5, 0.6) is 5.75 Å². The van der Waals surface area contributed by atoms with Crippen molar-refractivity contribution in [2.24, 2.45) is 0 Å². The number of Topliss-reactive ketones (excluding diaryl/α,β-unsaturated/α-hetero) is 1. The molecule has 9 heteroatoms. The maximum absolute atomic E-state index is 13.0. The Kier molecular flexibility index (Phi) is 9.35. The number of nitrogens with zero attached hydrogens (tertiary/aromatic N) is 1. The number of benzene rings is 1. The van der Waals surface area contributed by atoms with Crippen LogP contribution in [0.1, 0.15) is 50.4 Å². The minimum Gasteiger partial charge on any atom is -0.506 e. The Labute approximate surface area is 193 Å². The van der Waals surface area contributed by atoms with Gasteiger partial charge in [-0.15, -0.1) is 0 Å². The first-order valence-corrected chi connectivity index (χ1v) is 10.7. The molecule has 0 radical (unpaired) electrons. The molecule has 1 atom stereocenters. The molecule has 0 aliphatic heterocycles. The molecule has 178 valence electrons. The van der Waals surface area contributed by atoms with Gasteiger partial charge in [-0.2, -0.15) is 0 Å². The van der Waals surface area contributed by atoms with Gasteiger partial charge in [-0.3, -0.25) is 19.8 Å². The lowest BCUT2D eigenvalue weighted by molar-refractivity contribution is -0.129. The van der Waals surface area contributed by atoms with Crippen molar-refractivity contribution >= 4 is 17.8 Å². The number of rotatable bonds is 10. The van der Waals surface area contributed by atoms with E-state index in [-0.39, 0.29) is 30.8 Å². The molecule has 33 heavy (non-hydrogen) atoms. The molecular weight excluding hydrogens is 426 g/mol. The first-order valence-electron chi connectivity index (χ1n) is 10.7. The van der Waals surface area contributed by atoms with E-state index < -0.39 is 23.6 Å². The number of carbonyl (C=O) groups excluding carboxylic acids is 3. The largest absolute Gasteiger partial charge is 0.506 e. The number of aromatic nitrogens is 1. The van der Waals surface area contributed by atoms with Crippen molar-refractivity contribution in [1.82, 2.24) is 15.8 Å². The lowest BCUT2D eigenvalue weighted by Gasteiger charge is -2.23. The van der Waals surface area contributed by atoms with Gasteiger partial charge in [-0.25, -0.2) is 10.3 Å². The summed E-state index contributed by atoms with van der Waals surface area (Å²) in [5.41, 5.74) is 3.24. The van der Waals surface area contributed by atoms with Crippen LogP contribution in [0.2, 0.25) is 0 Å². The highest BCUT2D eigenvalue weighted by Gasteiger charge is 2.25. The van der Waals surface area contributed by atoms with E-state index >= 15 is 0 Å². The van der Waals surface area contributed by atoms with Crippen molar-refractivity contribution in [1.29, 1.82) is 0 Å². The number of ketones is 1. The van der Waals surface area contributed by atoms with Gasteiger partial charge >= 0.3 is 6.09 Å². The molecule has 2 rings (SSSR count). The zero-order valence-electron chi connectivity index (χ0n) is 19.1. The summed E-state index contributed by atoms with van der Waals surface area (Å²) in [5.74, 6) is -0.620. The highest BCUT2D eigenvalue weighted by atomic mass is 16.6. The average molecular weight is 458 g/mol. The second kappa shape index (κ2) is 12.0. The average Bonchev–Trinajstić information content (AvgIpc) is 2.74. The number of aryl methyl sites for hydroxylation is 1. The molecule has 2 aromatic rings. The summed E-state index contributed by atoms with van der Waals surface area (Å²) in [4.78, 5) is 40.5. The number of alkyl carbamates (subject to hydrolysis) is 1. The molecule has 1 heterocycles. The van der Waals surface area contributed by atoms with E-state index in [1.54, 1.807) is 32.3 Å². The number of hydroxylamine groups is 1. The second-order valence-electron chi connectivity index (χ2n) is 8.76. The van der Waals surface area contributed by atoms with Crippen molar-refractivity contribution < 1.29 is 29.4 Å². The van der Waals surface area contributed by atoms with Gasteiger partial charge < -0.3 is 15.2 Å². The first kappa shape index (κ1) is 25.8. The van der Waals surface area contributed by atoms with Crippen LogP contribution >= 0.6 is 0 Å². The van der Waals surface area contributed by atoms with Crippen LogP contribution in [0.15, 0.2) is 42.6 Å². The Hall–Kier alpha value is -3.46. The molecule has 0 saturated heterocycles. The highest BCUT2D eigenvalue weighted by molar-refractivity contribution is 5.89. The zero-order chi connectivity index (χ0) is 24.4. The maximum Gasteiger partial charge on any atom is 0.408 e. The SMILES string of the molecule is CC(C)(C)OC(=O)NC(Cc1ccc(O)cn1)C(=O)Cc1ccc(CCCC(=O)NO)cc1. The standard InChI is InChI=1S/C24H31N3O6/c1-24(2,3)33-23(31)26-20(14-18-11-12-19(28)15-25-18)21(29)13-17-9-7-16(8-10-17)5-4-6-22(30)27-32/h7-12,15,20,28,32H,4-6,13-14H2,1-3H3,(H,26,31)(H,27,30). The maximum atomic E-state index is 13.0. The molecule has 0 aliphatic rings. The van der Waals surface area contributed by atoms with E-state index in [1.165, 1.54) is 12.3 Å². The predicted octanol–water partition coefficient (Wildman–Crippen LogP) is 2.86. The third kappa shape index (κ3) is 9.69. The Morgan fingerprint density at radius 1 is 1.06 bits per heavy atom. The molecule has 0 bridgehead atoms. The van der Waals surface area contributed by atoms with Gasteiger partial charge in [-0.05, 0) is 56.9 Å².